The maximum atomic E-state index is 8.59. The van der Waals surface area contributed by atoms with Crippen LogP contribution in [0, 0.1) is 0 Å². The van der Waals surface area contributed by atoms with Crippen molar-refractivity contribution in [3.63, 3.8) is 0 Å². The molecule has 0 saturated carbocycles. The van der Waals surface area contributed by atoms with Gasteiger partial charge in [0.25, 0.3) is 5.88 Å². The molecule has 3 aromatic rings. The standard InChI is InChI=1S/C12H8N2O2/c15-16-10-6-5-9-4-3-8-2-1-7-13-11(8)12(9)14-10/h1-7,15H. The monoisotopic (exact) mass is 212 g/mol. The largest absolute Gasteiger partial charge is 0.320 e. The minimum atomic E-state index is 0.172. The molecule has 16 heavy (non-hydrogen) atoms. The fraction of sp³-hybridized carbons (Fsp3) is 0. The molecule has 1 N–H and O–H groups in total. The average molecular weight is 212 g/mol. The Morgan fingerprint density at radius 2 is 1.69 bits per heavy atom. The predicted octanol–water partition coefficient (Wildman–Crippen LogP) is 2.63. The highest BCUT2D eigenvalue weighted by atomic mass is 17.1. The molecular weight excluding hydrogens is 204 g/mol. The van der Waals surface area contributed by atoms with Crippen LogP contribution >= 0.6 is 0 Å². The van der Waals surface area contributed by atoms with Gasteiger partial charge in [0.05, 0.1) is 5.52 Å². The molecule has 2 aromatic heterocycles. The van der Waals surface area contributed by atoms with Crippen LogP contribution in [0.5, 0.6) is 5.88 Å². The number of pyridine rings is 2. The van der Waals surface area contributed by atoms with E-state index in [0.717, 1.165) is 21.8 Å². The lowest BCUT2D eigenvalue weighted by molar-refractivity contribution is -0.141. The lowest BCUT2D eigenvalue weighted by Crippen LogP contribution is -1.90. The zero-order valence-electron chi connectivity index (χ0n) is 8.29. The van der Waals surface area contributed by atoms with Crippen LogP contribution in [0.25, 0.3) is 21.8 Å². The van der Waals surface area contributed by atoms with Crippen LogP contribution in [0.15, 0.2) is 42.6 Å². The van der Waals surface area contributed by atoms with Gasteiger partial charge >= 0.3 is 0 Å². The Hall–Kier alpha value is -2.20. The Kier molecular flexibility index (Phi) is 1.94. The second-order valence-corrected chi connectivity index (χ2v) is 3.45. The van der Waals surface area contributed by atoms with E-state index in [0.29, 0.717) is 0 Å². The Morgan fingerprint density at radius 1 is 0.938 bits per heavy atom. The lowest BCUT2D eigenvalue weighted by Gasteiger charge is -2.02. The molecule has 4 heteroatoms. The Labute approximate surface area is 91.1 Å². The third kappa shape index (κ3) is 1.28. The summed E-state index contributed by atoms with van der Waals surface area (Å²) in [6.45, 7) is 0. The first-order chi connectivity index (χ1) is 7.88. The van der Waals surface area contributed by atoms with E-state index in [2.05, 4.69) is 14.9 Å². The summed E-state index contributed by atoms with van der Waals surface area (Å²) in [6, 6.07) is 11.2. The zero-order valence-corrected chi connectivity index (χ0v) is 8.29. The number of rotatable bonds is 1. The molecule has 1 aromatic carbocycles. The number of benzene rings is 1. The molecule has 0 aliphatic carbocycles. The Balaban J connectivity index is 2.47. The van der Waals surface area contributed by atoms with E-state index >= 15 is 0 Å². The van der Waals surface area contributed by atoms with Crippen molar-refractivity contribution in [2.75, 3.05) is 0 Å². The smallest absolute Gasteiger partial charge is 0.256 e. The third-order valence-electron chi connectivity index (χ3n) is 2.50. The molecule has 0 aliphatic rings. The summed E-state index contributed by atoms with van der Waals surface area (Å²) in [5.41, 5.74) is 1.53. The number of nitrogens with zero attached hydrogens (tertiary/aromatic N) is 2. The van der Waals surface area contributed by atoms with Crippen LogP contribution in [0.4, 0.5) is 0 Å². The van der Waals surface area contributed by atoms with Crippen LogP contribution in [0.3, 0.4) is 0 Å². The summed E-state index contributed by atoms with van der Waals surface area (Å²) in [5.74, 6) is 0.172. The molecule has 2 heterocycles. The molecule has 0 bridgehead atoms. The number of hydrogen-bond donors (Lipinski definition) is 1. The van der Waals surface area contributed by atoms with Crippen LogP contribution in [-0.4, -0.2) is 15.2 Å². The third-order valence-corrected chi connectivity index (χ3v) is 2.50. The quantitative estimate of drug-likeness (QED) is 0.382. The van der Waals surface area contributed by atoms with Gasteiger partial charge in [-0.2, -0.15) is 0 Å². The molecular formula is C12H8N2O2. The SMILES string of the molecule is OOc1ccc2ccc3cccnc3c2n1. The molecule has 0 saturated heterocycles. The number of aromatic nitrogens is 2. The number of hydrogen-bond acceptors (Lipinski definition) is 4. The van der Waals surface area contributed by atoms with E-state index in [4.69, 9.17) is 5.26 Å². The van der Waals surface area contributed by atoms with E-state index in [9.17, 15) is 0 Å². The Morgan fingerprint density at radius 3 is 2.50 bits per heavy atom. The van der Waals surface area contributed by atoms with E-state index in [1.807, 2.05) is 30.3 Å². The molecule has 0 spiro atoms. The van der Waals surface area contributed by atoms with Gasteiger partial charge in [-0.25, -0.2) is 10.2 Å². The molecule has 3 rings (SSSR count). The van der Waals surface area contributed by atoms with E-state index < -0.39 is 0 Å². The van der Waals surface area contributed by atoms with Crippen LogP contribution in [0.1, 0.15) is 0 Å². The van der Waals surface area contributed by atoms with E-state index in [-0.39, 0.29) is 5.88 Å². The van der Waals surface area contributed by atoms with E-state index in [1.165, 1.54) is 0 Å². The normalized spacial score (nSPS) is 10.8. The predicted molar refractivity (Wildman–Crippen MR) is 60.3 cm³/mol. The molecule has 0 radical (unpaired) electrons. The zero-order chi connectivity index (χ0) is 11.0. The average Bonchev–Trinajstić information content (AvgIpc) is 2.38. The highest BCUT2D eigenvalue weighted by Crippen LogP contribution is 2.23. The van der Waals surface area contributed by atoms with Gasteiger partial charge in [-0.3, -0.25) is 4.98 Å². The van der Waals surface area contributed by atoms with Crippen molar-refractivity contribution in [2.45, 2.75) is 0 Å². The van der Waals surface area contributed by atoms with Crippen molar-refractivity contribution >= 4 is 21.8 Å². The maximum absolute atomic E-state index is 8.59. The highest BCUT2D eigenvalue weighted by molar-refractivity contribution is 6.02. The van der Waals surface area contributed by atoms with Crippen molar-refractivity contribution < 1.29 is 10.1 Å². The Bertz CT molecular complexity index is 667. The second-order valence-electron chi connectivity index (χ2n) is 3.45. The van der Waals surface area contributed by atoms with Crippen molar-refractivity contribution in [1.29, 1.82) is 0 Å². The molecule has 0 unspecified atom stereocenters. The summed E-state index contributed by atoms with van der Waals surface area (Å²) in [6.07, 6.45) is 1.72. The van der Waals surface area contributed by atoms with Crippen molar-refractivity contribution in [2.24, 2.45) is 0 Å². The molecule has 78 valence electrons. The van der Waals surface area contributed by atoms with Gasteiger partial charge in [-0.05, 0) is 12.1 Å². The molecule has 4 nitrogen and oxygen atoms in total. The molecule has 0 amide bonds. The molecule has 0 fully saturated rings. The highest BCUT2D eigenvalue weighted by Gasteiger charge is 2.04. The fourth-order valence-corrected chi connectivity index (χ4v) is 1.76. The topological polar surface area (TPSA) is 55.2 Å². The lowest BCUT2D eigenvalue weighted by atomic mass is 10.1. The number of fused-ring (bicyclic) bond motifs is 3. The fourth-order valence-electron chi connectivity index (χ4n) is 1.76. The van der Waals surface area contributed by atoms with Gasteiger partial charge < -0.3 is 4.89 Å². The summed E-state index contributed by atoms with van der Waals surface area (Å²) in [5, 5.41) is 10.6. The van der Waals surface area contributed by atoms with Gasteiger partial charge in [0.1, 0.15) is 5.52 Å². The summed E-state index contributed by atoms with van der Waals surface area (Å²) in [4.78, 5) is 12.6. The summed E-state index contributed by atoms with van der Waals surface area (Å²) in [7, 11) is 0. The van der Waals surface area contributed by atoms with Crippen molar-refractivity contribution in [1.82, 2.24) is 9.97 Å². The molecule has 0 atom stereocenters. The van der Waals surface area contributed by atoms with Gasteiger partial charge in [0.2, 0.25) is 0 Å². The minimum Gasteiger partial charge on any atom is -0.320 e. The summed E-state index contributed by atoms with van der Waals surface area (Å²) >= 11 is 0. The minimum absolute atomic E-state index is 0.172. The second kappa shape index (κ2) is 3.43. The van der Waals surface area contributed by atoms with Crippen molar-refractivity contribution in [3.05, 3.63) is 42.6 Å². The van der Waals surface area contributed by atoms with E-state index in [1.54, 1.807) is 12.3 Å². The maximum Gasteiger partial charge on any atom is 0.256 e. The first kappa shape index (κ1) is 9.06. The van der Waals surface area contributed by atoms with Crippen molar-refractivity contribution in [3.8, 4) is 5.88 Å². The van der Waals surface area contributed by atoms with Gasteiger partial charge in [0.15, 0.2) is 0 Å². The van der Waals surface area contributed by atoms with Crippen LogP contribution in [-0.2, 0) is 0 Å². The summed E-state index contributed by atoms with van der Waals surface area (Å²) < 4.78 is 0. The van der Waals surface area contributed by atoms with Gasteiger partial charge in [-0.1, -0.05) is 18.2 Å². The first-order valence-electron chi connectivity index (χ1n) is 4.84. The molecule has 0 aliphatic heterocycles. The van der Waals surface area contributed by atoms with Crippen LogP contribution < -0.4 is 4.89 Å². The van der Waals surface area contributed by atoms with Crippen LogP contribution in [0.2, 0.25) is 0 Å². The first-order valence-corrected chi connectivity index (χ1v) is 4.84. The van der Waals surface area contributed by atoms with Gasteiger partial charge in [0, 0.05) is 23.0 Å². The van der Waals surface area contributed by atoms with Gasteiger partial charge in [-0.15, -0.1) is 0 Å².